The van der Waals surface area contributed by atoms with Crippen LogP contribution in [0.3, 0.4) is 0 Å². The highest BCUT2D eigenvalue weighted by Crippen LogP contribution is 2.54. The molecule has 4 nitrogen and oxygen atoms in total. The Morgan fingerprint density at radius 3 is 2.31 bits per heavy atom. The van der Waals surface area contributed by atoms with Crippen molar-refractivity contribution in [3.63, 3.8) is 0 Å². The number of hydrogen-bond donors (Lipinski definition) is 1. The first-order valence-corrected chi connectivity index (χ1v) is 10.9. The minimum absolute atomic E-state index is 0.0621. The van der Waals surface area contributed by atoms with Gasteiger partial charge in [-0.1, -0.05) is 30.3 Å². The summed E-state index contributed by atoms with van der Waals surface area (Å²) in [7, 11) is -1.58. The second-order valence-electron chi connectivity index (χ2n) is 9.01. The molecule has 1 aliphatic carbocycles. The van der Waals surface area contributed by atoms with Crippen molar-refractivity contribution in [1.29, 1.82) is 0 Å². The zero-order valence-electron chi connectivity index (χ0n) is 16.6. The molecular weight excluding hydrogens is 345 g/mol. The molecule has 1 aromatic rings. The molecule has 1 aliphatic heterocycles. The molecule has 2 unspecified atom stereocenters. The molecule has 1 aromatic carbocycles. The number of rotatable bonds is 7. The summed E-state index contributed by atoms with van der Waals surface area (Å²) >= 11 is 0. The molecular formula is C20H32BNO3S. The first-order chi connectivity index (χ1) is 12.1. The lowest BCUT2D eigenvalue weighted by Gasteiger charge is -2.32. The van der Waals surface area contributed by atoms with Gasteiger partial charge in [0.1, 0.15) is 0 Å². The molecule has 2 N–H and O–H groups in total. The van der Waals surface area contributed by atoms with Crippen molar-refractivity contribution in [3.05, 3.63) is 35.9 Å². The van der Waals surface area contributed by atoms with Gasteiger partial charge in [0, 0.05) is 5.25 Å². The second-order valence-corrected chi connectivity index (χ2v) is 10.5. The smallest absolute Gasteiger partial charge is 0.403 e. The molecule has 1 saturated heterocycles. The summed E-state index contributed by atoms with van der Waals surface area (Å²) < 4.78 is 24.4. The van der Waals surface area contributed by atoms with E-state index in [1.165, 1.54) is 12.0 Å². The Kier molecular flexibility index (Phi) is 5.70. The summed E-state index contributed by atoms with van der Waals surface area (Å²) in [4.78, 5) is 0. The minimum atomic E-state index is -1.32. The molecule has 5 atom stereocenters. The first kappa shape index (κ1) is 20.1. The Morgan fingerprint density at radius 2 is 1.77 bits per heavy atom. The van der Waals surface area contributed by atoms with Crippen LogP contribution in [0, 0.1) is 5.92 Å². The number of nitrogens with two attached hydrogens (primary N) is 1. The van der Waals surface area contributed by atoms with Gasteiger partial charge in [-0.25, -0.2) is 4.21 Å². The Hall–Kier alpha value is -0.685. The second kappa shape index (κ2) is 7.38. The Morgan fingerprint density at radius 1 is 1.19 bits per heavy atom. The predicted octanol–water partition coefficient (Wildman–Crippen LogP) is 4.04. The third kappa shape index (κ3) is 4.24. The van der Waals surface area contributed by atoms with Gasteiger partial charge in [-0.05, 0) is 77.1 Å². The summed E-state index contributed by atoms with van der Waals surface area (Å²) in [6.07, 6.45) is 3.00. The maximum absolute atomic E-state index is 11.7. The highest BCUT2D eigenvalue weighted by Gasteiger charge is 2.55. The molecule has 1 heterocycles. The molecule has 0 radical (unpaired) electrons. The van der Waals surface area contributed by atoms with E-state index in [0.717, 1.165) is 12.8 Å². The fraction of sp³-hybridized carbons (Fsp3) is 0.700. The summed E-state index contributed by atoms with van der Waals surface area (Å²) in [6.45, 7) is 10.3. The fourth-order valence-corrected chi connectivity index (χ4v) is 4.36. The summed E-state index contributed by atoms with van der Waals surface area (Å²) in [5, 5.41) is 5.58. The number of benzene rings is 1. The topological polar surface area (TPSA) is 61.6 Å². The van der Waals surface area contributed by atoms with Crippen molar-refractivity contribution >= 4 is 18.1 Å². The zero-order chi connectivity index (χ0) is 19.1. The van der Waals surface area contributed by atoms with E-state index in [0.29, 0.717) is 11.8 Å². The lowest BCUT2D eigenvalue weighted by Crippen LogP contribution is -2.41. The standard InChI is InChI=1S/C20H32BNO3S/c1-14(26(22)23)11-17(21-24-19(2,3)20(4,5)25-21)12-16-13-18(16)15-9-7-6-8-10-15/h6-10,14,16-18H,11-13,22H2,1-5H3/t14?,16-,17+,18-,26?/m1/s1. The van der Waals surface area contributed by atoms with E-state index in [1.807, 2.05) is 6.92 Å². The van der Waals surface area contributed by atoms with Gasteiger partial charge >= 0.3 is 7.12 Å². The third-order valence-corrected chi connectivity index (χ3v) is 7.43. The van der Waals surface area contributed by atoms with E-state index in [2.05, 4.69) is 58.0 Å². The molecule has 3 rings (SSSR count). The summed E-state index contributed by atoms with van der Waals surface area (Å²) in [5.41, 5.74) is 0.730. The normalized spacial score (nSPS) is 30.0. The molecule has 6 heteroatoms. The van der Waals surface area contributed by atoms with Crippen LogP contribution in [0.5, 0.6) is 0 Å². The zero-order valence-corrected chi connectivity index (χ0v) is 17.4. The molecule has 0 spiro atoms. The van der Waals surface area contributed by atoms with Crippen molar-refractivity contribution in [3.8, 4) is 0 Å². The molecule has 2 fully saturated rings. The van der Waals surface area contributed by atoms with Crippen molar-refractivity contribution in [2.24, 2.45) is 11.1 Å². The highest BCUT2D eigenvalue weighted by molar-refractivity contribution is 7.83. The molecule has 0 aromatic heterocycles. The quantitative estimate of drug-likeness (QED) is 0.730. The third-order valence-electron chi connectivity index (χ3n) is 6.44. The van der Waals surface area contributed by atoms with Crippen LogP contribution in [0.15, 0.2) is 30.3 Å². The molecule has 1 saturated carbocycles. The van der Waals surface area contributed by atoms with Crippen LogP contribution < -0.4 is 5.14 Å². The average molecular weight is 377 g/mol. The maximum Gasteiger partial charge on any atom is 0.461 e. The molecule has 2 aliphatic rings. The Bertz CT molecular complexity index is 636. The first-order valence-electron chi connectivity index (χ1n) is 9.66. The van der Waals surface area contributed by atoms with Crippen LogP contribution >= 0.6 is 0 Å². The minimum Gasteiger partial charge on any atom is -0.403 e. The van der Waals surface area contributed by atoms with E-state index in [9.17, 15) is 4.21 Å². The molecule has 144 valence electrons. The predicted molar refractivity (Wildman–Crippen MR) is 108 cm³/mol. The van der Waals surface area contributed by atoms with Crippen LogP contribution in [-0.2, 0) is 20.3 Å². The van der Waals surface area contributed by atoms with Gasteiger partial charge in [-0.3, -0.25) is 5.14 Å². The van der Waals surface area contributed by atoms with Gasteiger partial charge in [-0.2, -0.15) is 0 Å². The van der Waals surface area contributed by atoms with E-state index in [4.69, 9.17) is 14.4 Å². The van der Waals surface area contributed by atoms with Gasteiger partial charge in [0.2, 0.25) is 0 Å². The van der Waals surface area contributed by atoms with Crippen LogP contribution in [0.4, 0.5) is 0 Å². The average Bonchev–Trinajstić information content (AvgIpc) is 3.28. The van der Waals surface area contributed by atoms with Gasteiger partial charge in [0.05, 0.1) is 22.2 Å². The maximum atomic E-state index is 11.7. The number of hydrogen-bond acceptors (Lipinski definition) is 3. The van der Waals surface area contributed by atoms with Crippen LogP contribution in [0.1, 0.15) is 65.4 Å². The SMILES string of the molecule is CC(C[C@@H](C[C@@H]1C[C@@H]1c1ccccc1)B1OC(C)(C)C(C)(C)O1)S(N)=O. The van der Waals surface area contributed by atoms with Crippen molar-refractivity contribution in [2.75, 3.05) is 0 Å². The van der Waals surface area contributed by atoms with E-state index < -0.39 is 11.0 Å². The van der Waals surface area contributed by atoms with Gasteiger partial charge in [0.25, 0.3) is 0 Å². The van der Waals surface area contributed by atoms with Gasteiger partial charge < -0.3 is 9.31 Å². The van der Waals surface area contributed by atoms with Crippen LogP contribution in [0.25, 0.3) is 0 Å². The Labute approximate surface area is 160 Å². The summed E-state index contributed by atoms with van der Waals surface area (Å²) in [6, 6.07) is 10.7. The summed E-state index contributed by atoms with van der Waals surface area (Å²) in [5.74, 6) is 1.47. The van der Waals surface area contributed by atoms with Crippen molar-refractivity contribution < 1.29 is 13.5 Å². The molecule has 0 amide bonds. The van der Waals surface area contributed by atoms with Crippen LogP contribution in [0.2, 0.25) is 5.82 Å². The van der Waals surface area contributed by atoms with Crippen molar-refractivity contribution in [1.82, 2.24) is 0 Å². The van der Waals surface area contributed by atoms with E-state index in [-0.39, 0.29) is 29.4 Å². The molecule has 26 heavy (non-hydrogen) atoms. The van der Waals surface area contributed by atoms with E-state index >= 15 is 0 Å². The molecule has 0 bridgehead atoms. The van der Waals surface area contributed by atoms with Crippen LogP contribution in [-0.4, -0.2) is 27.8 Å². The van der Waals surface area contributed by atoms with E-state index in [1.54, 1.807) is 0 Å². The Balaban J connectivity index is 1.70. The lowest BCUT2D eigenvalue weighted by molar-refractivity contribution is 0.00578. The monoisotopic (exact) mass is 377 g/mol. The van der Waals surface area contributed by atoms with Crippen molar-refractivity contribution in [2.45, 2.75) is 82.1 Å². The largest absolute Gasteiger partial charge is 0.461 e. The highest BCUT2D eigenvalue weighted by atomic mass is 32.2. The lowest BCUT2D eigenvalue weighted by atomic mass is 9.66. The van der Waals surface area contributed by atoms with Gasteiger partial charge in [-0.15, -0.1) is 0 Å². The van der Waals surface area contributed by atoms with Gasteiger partial charge in [0.15, 0.2) is 0 Å². The fourth-order valence-electron chi connectivity index (χ4n) is 3.93.